The summed E-state index contributed by atoms with van der Waals surface area (Å²) in [4.78, 5) is 17.0. The first-order valence-corrected chi connectivity index (χ1v) is 8.36. The van der Waals surface area contributed by atoms with Gasteiger partial charge in [0.15, 0.2) is 5.96 Å². The van der Waals surface area contributed by atoms with Crippen LogP contribution in [-0.2, 0) is 0 Å². The summed E-state index contributed by atoms with van der Waals surface area (Å²) in [5.41, 5.74) is 6.81. The van der Waals surface area contributed by atoms with Gasteiger partial charge in [0.05, 0.1) is 11.5 Å². The molecule has 1 heterocycles. The molecule has 0 aromatic heterocycles. The fraction of sp³-hybridized carbons (Fsp3) is 0.562. The normalized spacial score (nSPS) is 17.8. The highest BCUT2D eigenvalue weighted by molar-refractivity contribution is 14.0. The zero-order valence-electron chi connectivity index (χ0n) is 14.5. The van der Waals surface area contributed by atoms with Gasteiger partial charge in [0.25, 0.3) is 5.69 Å². The lowest BCUT2D eigenvalue weighted by Crippen LogP contribution is -2.37. The SMILES string of the molecule is CCN1CCCC1CN=C(N)NCCNc1ccc([N+](=O)[O-])cc1.I. The van der Waals surface area contributed by atoms with E-state index in [2.05, 4.69) is 27.4 Å². The van der Waals surface area contributed by atoms with E-state index in [1.807, 2.05) is 0 Å². The van der Waals surface area contributed by atoms with Crippen LogP contribution < -0.4 is 16.4 Å². The van der Waals surface area contributed by atoms with Gasteiger partial charge in [-0.1, -0.05) is 6.92 Å². The summed E-state index contributed by atoms with van der Waals surface area (Å²) in [5.74, 6) is 0.462. The van der Waals surface area contributed by atoms with Gasteiger partial charge in [-0.25, -0.2) is 0 Å². The number of rotatable bonds is 8. The van der Waals surface area contributed by atoms with Crippen LogP contribution in [0, 0.1) is 10.1 Å². The molecule has 1 saturated heterocycles. The molecule has 4 N–H and O–H groups in total. The van der Waals surface area contributed by atoms with E-state index >= 15 is 0 Å². The van der Waals surface area contributed by atoms with E-state index in [4.69, 9.17) is 5.73 Å². The van der Waals surface area contributed by atoms with Crippen LogP contribution in [0.3, 0.4) is 0 Å². The maximum Gasteiger partial charge on any atom is 0.269 e. The topological polar surface area (TPSA) is 109 Å². The van der Waals surface area contributed by atoms with Gasteiger partial charge in [-0.15, -0.1) is 24.0 Å². The van der Waals surface area contributed by atoms with Gasteiger partial charge < -0.3 is 16.4 Å². The second-order valence-corrected chi connectivity index (χ2v) is 5.81. The molecule has 0 radical (unpaired) electrons. The number of non-ortho nitro benzene ring substituents is 1. The lowest BCUT2D eigenvalue weighted by atomic mass is 10.2. The van der Waals surface area contributed by atoms with Gasteiger partial charge in [-0.3, -0.25) is 20.0 Å². The number of nitro benzene ring substituents is 1. The number of nitrogens with two attached hydrogens (primary N) is 1. The molecule has 1 aromatic rings. The zero-order chi connectivity index (χ0) is 17.4. The summed E-state index contributed by atoms with van der Waals surface area (Å²) in [7, 11) is 0. The van der Waals surface area contributed by atoms with E-state index in [-0.39, 0.29) is 29.7 Å². The summed E-state index contributed by atoms with van der Waals surface area (Å²) in [6.45, 7) is 6.42. The largest absolute Gasteiger partial charge is 0.383 e. The Hall–Kier alpha value is -1.62. The second-order valence-electron chi connectivity index (χ2n) is 5.81. The molecule has 1 aromatic carbocycles. The number of likely N-dealkylation sites (N-methyl/N-ethyl adjacent to an activating group) is 1. The number of aliphatic imine (C=N–C) groups is 1. The molecule has 0 aliphatic carbocycles. The van der Waals surface area contributed by atoms with Crippen molar-refractivity contribution in [1.29, 1.82) is 0 Å². The lowest BCUT2D eigenvalue weighted by Gasteiger charge is -2.21. The molecular formula is C16H27IN6O2. The third kappa shape index (κ3) is 7.02. The monoisotopic (exact) mass is 462 g/mol. The fourth-order valence-electron chi connectivity index (χ4n) is 2.88. The number of halogens is 1. The van der Waals surface area contributed by atoms with Gasteiger partial charge in [-0.05, 0) is 38.1 Å². The number of benzene rings is 1. The van der Waals surface area contributed by atoms with Crippen LogP contribution in [0.2, 0.25) is 0 Å². The maximum atomic E-state index is 10.6. The minimum Gasteiger partial charge on any atom is -0.383 e. The van der Waals surface area contributed by atoms with Crippen molar-refractivity contribution >= 4 is 41.3 Å². The molecule has 1 unspecified atom stereocenters. The van der Waals surface area contributed by atoms with Crippen LogP contribution >= 0.6 is 24.0 Å². The lowest BCUT2D eigenvalue weighted by molar-refractivity contribution is -0.384. The standard InChI is InChI=1S/C16H26N6O2.HI/c1-2-21-11-3-4-15(21)12-20-16(17)19-10-9-18-13-5-7-14(8-6-13)22(23)24;/h5-8,15,18H,2-4,9-12H2,1H3,(H3,17,19,20);1H. The molecule has 1 aliphatic heterocycles. The minimum atomic E-state index is -0.410. The summed E-state index contributed by atoms with van der Waals surface area (Å²) >= 11 is 0. The molecule has 2 rings (SSSR count). The molecule has 0 saturated carbocycles. The van der Waals surface area contributed by atoms with Crippen molar-refractivity contribution in [3.05, 3.63) is 34.4 Å². The average Bonchev–Trinajstić information content (AvgIpc) is 3.05. The molecule has 1 fully saturated rings. The molecule has 0 bridgehead atoms. The fourth-order valence-corrected chi connectivity index (χ4v) is 2.88. The molecule has 0 spiro atoms. The molecule has 8 nitrogen and oxygen atoms in total. The number of nitrogens with zero attached hydrogens (tertiary/aromatic N) is 3. The highest BCUT2D eigenvalue weighted by Crippen LogP contribution is 2.16. The molecule has 9 heteroatoms. The van der Waals surface area contributed by atoms with Crippen molar-refractivity contribution in [2.24, 2.45) is 10.7 Å². The van der Waals surface area contributed by atoms with Gasteiger partial charge >= 0.3 is 0 Å². The number of nitrogens with one attached hydrogen (secondary N) is 2. The van der Waals surface area contributed by atoms with Gasteiger partial charge in [0, 0.05) is 37.0 Å². The zero-order valence-corrected chi connectivity index (χ0v) is 16.8. The van der Waals surface area contributed by atoms with E-state index < -0.39 is 4.92 Å². The molecule has 25 heavy (non-hydrogen) atoms. The summed E-state index contributed by atoms with van der Waals surface area (Å²) < 4.78 is 0. The van der Waals surface area contributed by atoms with Crippen molar-refractivity contribution in [3.63, 3.8) is 0 Å². The minimum absolute atomic E-state index is 0. The summed E-state index contributed by atoms with van der Waals surface area (Å²) in [6, 6.07) is 6.84. The number of likely N-dealkylation sites (tertiary alicyclic amines) is 1. The first-order chi connectivity index (χ1) is 11.6. The van der Waals surface area contributed by atoms with E-state index in [0.29, 0.717) is 25.1 Å². The average molecular weight is 462 g/mol. The Labute approximate surface area is 165 Å². The van der Waals surface area contributed by atoms with Crippen LogP contribution in [0.5, 0.6) is 0 Å². The first kappa shape index (κ1) is 21.4. The van der Waals surface area contributed by atoms with Crippen molar-refractivity contribution in [1.82, 2.24) is 10.2 Å². The van der Waals surface area contributed by atoms with Crippen LogP contribution in [0.15, 0.2) is 29.3 Å². The van der Waals surface area contributed by atoms with Crippen LogP contribution in [0.4, 0.5) is 11.4 Å². The van der Waals surface area contributed by atoms with Gasteiger partial charge in [-0.2, -0.15) is 0 Å². The quantitative estimate of drug-likeness (QED) is 0.136. The van der Waals surface area contributed by atoms with E-state index in [9.17, 15) is 10.1 Å². The molecule has 1 atom stereocenters. The van der Waals surface area contributed by atoms with Gasteiger partial charge in [0.2, 0.25) is 0 Å². The smallest absolute Gasteiger partial charge is 0.269 e. The predicted octanol–water partition coefficient (Wildman–Crippen LogP) is 2.01. The highest BCUT2D eigenvalue weighted by atomic mass is 127. The number of guanidine groups is 1. The third-order valence-corrected chi connectivity index (χ3v) is 4.22. The van der Waals surface area contributed by atoms with Gasteiger partial charge in [0.1, 0.15) is 0 Å². The molecular weight excluding hydrogens is 435 g/mol. The van der Waals surface area contributed by atoms with Crippen LogP contribution in [0.1, 0.15) is 19.8 Å². The van der Waals surface area contributed by atoms with Crippen molar-refractivity contribution in [3.8, 4) is 0 Å². The Kier molecular flexibility index (Phi) is 9.50. The van der Waals surface area contributed by atoms with E-state index in [1.165, 1.54) is 25.0 Å². The Balaban J connectivity index is 0.00000312. The first-order valence-electron chi connectivity index (χ1n) is 8.36. The summed E-state index contributed by atoms with van der Waals surface area (Å²) in [6.07, 6.45) is 2.42. The van der Waals surface area contributed by atoms with E-state index in [0.717, 1.165) is 25.3 Å². The second kappa shape index (κ2) is 11.1. The van der Waals surface area contributed by atoms with Crippen LogP contribution in [0.25, 0.3) is 0 Å². The number of anilines is 1. The molecule has 140 valence electrons. The Morgan fingerprint density at radius 1 is 1.40 bits per heavy atom. The van der Waals surface area contributed by atoms with E-state index in [1.54, 1.807) is 12.1 Å². The number of nitro groups is 1. The third-order valence-electron chi connectivity index (χ3n) is 4.22. The molecule has 1 aliphatic rings. The predicted molar refractivity (Wildman–Crippen MR) is 112 cm³/mol. The number of hydrogen-bond acceptors (Lipinski definition) is 5. The van der Waals surface area contributed by atoms with Crippen molar-refractivity contribution < 1.29 is 4.92 Å². The van der Waals surface area contributed by atoms with Crippen molar-refractivity contribution in [2.45, 2.75) is 25.8 Å². The molecule has 0 amide bonds. The Morgan fingerprint density at radius 3 is 2.76 bits per heavy atom. The Bertz CT molecular complexity index is 566. The maximum absolute atomic E-state index is 10.6. The summed E-state index contributed by atoms with van der Waals surface area (Å²) in [5, 5.41) is 16.8. The Morgan fingerprint density at radius 2 is 2.12 bits per heavy atom. The van der Waals surface area contributed by atoms with Crippen LogP contribution in [-0.4, -0.2) is 54.5 Å². The highest BCUT2D eigenvalue weighted by Gasteiger charge is 2.22. The van der Waals surface area contributed by atoms with Crippen molar-refractivity contribution in [2.75, 3.05) is 38.0 Å². The number of hydrogen-bond donors (Lipinski definition) is 3.